The zero-order valence-corrected chi connectivity index (χ0v) is 20.3. The fraction of sp³-hybridized carbons (Fsp3) is 0.125. The maximum absolute atomic E-state index is 4.64. The second-order valence-electron chi connectivity index (χ2n) is 8.58. The van der Waals surface area contributed by atoms with Crippen LogP contribution in [0.15, 0.2) is 109 Å². The van der Waals surface area contributed by atoms with Gasteiger partial charge in [-0.3, -0.25) is 9.97 Å². The topological polar surface area (TPSA) is 25.8 Å². The number of aryl methyl sites for hydroxylation is 3. The molecule has 5 aromatic rings. The number of hydrogen-bond donors (Lipinski definition) is 0. The van der Waals surface area contributed by atoms with E-state index in [0.717, 1.165) is 22.6 Å². The van der Waals surface area contributed by atoms with Crippen LogP contribution in [0.3, 0.4) is 0 Å². The van der Waals surface area contributed by atoms with Crippen molar-refractivity contribution in [3.05, 3.63) is 132 Å². The minimum atomic E-state index is 1.01. The molecule has 0 bridgehead atoms. The Morgan fingerprint density at radius 1 is 0.529 bits per heavy atom. The normalized spacial score (nSPS) is 10.4. The highest BCUT2D eigenvalue weighted by Crippen LogP contribution is 2.25. The number of nitrogens with zero attached hydrogens (tertiary/aromatic N) is 2. The molecule has 2 heterocycles. The third-order valence-electron chi connectivity index (χ3n) is 5.90. The van der Waals surface area contributed by atoms with Crippen LogP contribution in [0.25, 0.3) is 33.6 Å². The van der Waals surface area contributed by atoms with E-state index in [1.165, 1.54) is 33.4 Å². The molecule has 0 unspecified atom stereocenters. The van der Waals surface area contributed by atoms with Gasteiger partial charge in [0.1, 0.15) is 0 Å². The summed E-state index contributed by atoms with van der Waals surface area (Å²) < 4.78 is 0. The van der Waals surface area contributed by atoms with Crippen LogP contribution in [-0.2, 0) is 0 Å². The van der Waals surface area contributed by atoms with Gasteiger partial charge in [0.25, 0.3) is 0 Å². The fourth-order valence-corrected chi connectivity index (χ4v) is 3.97. The highest BCUT2D eigenvalue weighted by atomic mass is 14.7. The van der Waals surface area contributed by atoms with Crippen LogP contribution in [0, 0.1) is 27.7 Å². The molecule has 0 radical (unpaired) electrons. The van der Waals surface area contributed by atoms with E-state index in [4.69, 9.17) is 0 Å². The second kappa shape index (κ2) is 10.7. The number of pyridine rings is 2. The summed E-state index contributed by atoms with van der Waals surface area (Å²) in [5.74, 6) is 0. The van der Waals surface area contributed by atoms with Crippen molar-refractivity contribution >= 4 is 0 Å². The lowest BCUT2D eigenvalue weighted by Gasteiger charge is -2.10. The van der Waals surface area contributed by atoms with Gasteiger partial charge in [-0.2, -0.15) is 0 Å². The summed E-state index contributed by atoms with van der Waals surface area (Å²) in [5, 5.41) is 0. The zero-order chi connectivity index (χ0) is 23.9. The second-order valence-corrected chi connectivity index (χ2v) is 8.58. The molecular weight excluding hydrogens is 412 g/mol. The molecule has 0 aliphatic rings. The Bertz CT molecular complexity index is 1300. The molecule has 0 aliphatic carbocycles. The lowest BCUT2D eigenvalue weighted by Crippen LogP contribution is -1.94. The summed E-state index contributed by atoms with van der Waals surface area (Å²) in [7, 11) is 0. The van der Waals surface area contributed by atoms with E-state index in [0.29, 0.717) is 0 Å². The fourth-order valence-electron chi connectivity index (χ4n) is 3.97. The number of benzene rings is 3. The minimum Gasteiger partial charge on any atom is -0.256 e. The molecule has 0 saturated heterocycles. The van der Waals surface area contributed by atoms with Crippen LogP contribution in [-0.4, -0.2) is 9.97 Å². The van der Waals surface area contributed by atoms with Crippen LogP contribution >= 0.6 is 0 Å². The van der Waals surface area contributed by atoms with E-state index in [1.807, 2.05) is 37.4 Å². The van der Waals surface area contributed by atoms with Crippen molar-refractivity contribution in [3.8, 4) is 33.6 Å². The Balaban J connectivity index is 0.000000162. The average Bonchev–Trinajstić information content (AvgIpc) is 2.88. The standard InChI is InChI=1S/C17H13N.C15H17N/c1-2-6-14(7-3-1)15-9-11-16(12-10-15)17-8-4-5-13-18-17;1-10-6-5-7-14(8-10)15-13(4)11(2)9-12(3)16-15/h1-13H;5-9H,1-4H3. The molecule has 0 fully saturated rings. The third-order valence-corrected chi connectivity index (χ3v) is 5.90. The smallest absolute Gasteiger partial charge is 0.0737 e. The van der Waals surface area contributed by atoms with Gasteiger partial charge in [-0.15, -0.1) is 0 Å². The monoisotopic (exact) mass is 442 g/mol. The first-order valence-corrected chi connectivity index (χ1v) is 11.6. The van der Waals surface area contributed by atoms with E-state index in [-0.39, 0.29) is 0 Å². The molecule has 0 saturated carbocycles. The molecule has 5 rings (SSSR count). The Morgan fingerprint density at radius 3 is 1.85 bits per heavy atom. The zero-order valence-electron chi connectivity index (χ0n) is 20.3. The first-order valence-electron chi connectivity index (χ1n) is 11.6. The molecule has 2 nitrogen and oxygen atoms in total. The highest BCUT2D eigenvalue weighted by molar-refractivity contribution is 5.68. The van der Waals surface area contributed by atoms with E-state index in [2.05, 4.69) is 110 Å². The van der Waals surface area contributed by atoms with Crippen molar-refractivity contribution in [2.45, 2.75) is 27.7 Å². The largest absolute Gasteiger partial charge is 0.256 e. The lowest BCUT2D eigenvalue weighted by atomic mass is 10.0. The molecule has 3 aromatic carbocycles. The molecule has 34 heavy (non-hydrogen) atoms. The SMILES string of the molecule is Cc1cccc(-c2nc(C)cc(C)c2C)c1.c1ccc(-c2ccc(-c3ccccn3)cc2)cc1. The number of rotatable bonds is 3. The van der Waals surface area contributed by atoms with Crippen LogP contribution in [0.4, 0.5) is 0 Å². The van der Waals surface area contributed by atoms with Crippen LogP contribution in [0.1, 0.15) is 22.4 Å². The third kappa shape index (κ3) is 5.65. The van der Waals surface area contributed by atoms with Crippen LogP contribution < -0.4 is 0 Å². The van der Waals surface area contributed by atoms with Gasteiger partial charge in [0.15, 0.2) is 0 Å². The molecule has 0 spiro atoms. The van der Waals surface area contributed by atoms with E-state index in [1.54, 1.807) is 0 Å². The van der Waals surface area contributed by atoms with E-state index < -0.39 is 0 Å². The van der Waals surface area contributed by atoms with Gasteiger partial charge in [0.05, 0.1) is 11.4 Å². The van der Waals surface area contributed by atoms with Gasteiger partial charge in [0, 0.05) is 23.0 Å². The number of hydrogen-bond acceptors (Lipinski definition) is 2. The first-order chi connectivity index (χ1) is 16.5. The maximum Gasteiger partial charge on any atom is 0.0737 e. The van der Waals surface area contributed by atoms with Crippen LogP contribution in [0.2, 0.25) is 0 Å². The first kappa shape index (κ1) is 23.1. The summed E-state index contributed by atoms with van der Waals surface area (Å²) in [6.07, 6.45) is 1.82. The lowest BCUT2D eigenvalue weighted by molar-refractivity contribution is 1.14. The molecule has 0 amide bonds. The van der Waals surface area contributed by atoms with Crippen molar-refractivity contribution in [2.75, 3.05) is 0 Å². The minimum absolute atomic E-state index is 1.01. The summed E-state index contributed by atoms with van der Waals surface area (Å²) >= 11 is 0. The predicted molar refractivity (Wildman–Crippen MR) is 144 cm³/mol. The molecule has 168 valence electrons. The maximum atomic E-state index is 4.64. The molecule has 0 N–H and O–H groups in total. The Kier molecular flexibility index (Phi) is 7.29. The molecule has 0 atom stereocenters. The van der Waals surface area contributed by atoms with Crippen LogP contribution in [0.5, 0.6) is 0 Å². The quantitative estimate of drug-likeness (QED) is 0.280. The van der Waals surface area contributed by atoms with Gasteiger partial charge in [-0.1, -0.05) is 84.4 Å². The number of aromatic nitrogens is 2. The summed E-state index contributed by atoms with van der Waals surface area (Å²) in [6.45, 7) is 8.44. The van der Waals surface area contributed by atoms with Crippen molar-refractivity contribution < 1.29 is 0 Å². The molecule has 0 aliphatic heterocycles. The molecule has 2 aromatic heterocycles. The Labute approximate surface area is 203 Å². The van der Waals surface area contributed by atoms with Gasteiger partial charge in [-0.25, -0.2) is 0 Å². The summed E-state index contributed by atoms with van der Waals surface area (Å²) in [4.78, 5) is 9.00. The Morgan fingerprint density at radius 2 is 1.18 bits per heavy atom. The van der Waals surface area contributed by atoms with Crippen molar-refractivity contribution in [1.29, 1.82) is 0 Å². The predicted octanol–water partition coefficient (Wildman–Crippen LogP) is 8.40. The van der Waals surface area contributed by atoms with Gasteiger partial charge in [0.2, 0.25) is 0 Å². The van der Waals surface area contributed by atoms with E-state index in [9.17, 15) is 0 Å². The van der Waals surface area contributed by atoms with E-state index >= 15 is 0 Å². The molecule has 2 heteroatoms. The summed E-state index contributed by atoms with van der Waals surface area (Å²) in [6, 6.07) is 35.5. The van der Waals surface area contributed by atoms with Gasteiger partial charge < -0.3 is 0 Å². The van der Waals surface area contributed by atoms with Crippen molar-refractivity contribution in [1.82, 2.24) is 9.97 Å². The average molecular weight is 443 g/mol. The van der Waals surface area contributed by atoms with Crippen molar-refractivity contribution in [2.24, 2.45) is 0 Å². The van der Waals surface area contributed by atoms with Gasteiger partial charge in [-0.05, 0) is 74.2 Å². The Hall–Kier alpha value is -4.04. The van der Waals surface area contributed by atoms with Crippen molar-refractivity contribution in [3.63, 3.8) is 0 Å². The summed E-state index contributed by atoms with van der Waals surface area (Å²) in [5.41, 5.74) is 11.9. The molecular formula is C32H30N2. The van der Waals surface area contributed by atoms with Gasteiger partial charge >= 0.3 is 0 Å². The highest BCUT2D eigenvalue weighted by Gasteiger charge is 2.07.